The Bertz CT molecular complexity index is 1180. The van der Waals surface area contributed by atoms with Gasteiger partial charge in [0.15, 0.2) is 6.10 Å². The maximum Gasteiger partial charge on any atom is 0.263 e. The van der Waals surface area contributed by atoms with Crippen LogP contribution in [0.2, 0.25) is 0 Å². The second-order valence-corrected chi connectivity index (χ2v) is 8.42. The van der Waals surface area contributed by atoms with E-state index in [0.29, 0.717) is 29.0 Å². The van der Waals surface area contributed by atoms with Crippen molar-refractivity contribution in [2.24, 2.45) is 0 Å². The van der Waals surface area contributed by atoms with Gasteiger partial charge < -0.3 is 15.0 Å². The van der Waals surface area contributed by atoms with E-state index in [-0.39, 0.29) is 30.8 Å². The molecule has 3 aromatic carbocycles. The van der Waals surface area contributed by atoms with Crippen molar-refractivity contribution in [1.82, 2.24) is 4.90 Å². The SMILES string of the molecule is CC[C@H](C(=O)Nc1ccc2c(c1)CN(Cc1cc(F)cc(F)c1)C(=O)[C@H](C)O2)c1ccccc1. The van der Waals surface area contributed by atoms with Crippen LogP contribution in [0.4, 0.5) is 14.5 Å². The van der Waals surface area contributed by atoms with Crippen molar-refractivity contribution in [3.05, 3.63) is 95.1 Å². The van der Waals surface area contributed by atoms with Crippen LogP contribution in [0.5, 0.6) is 5.75 Å². The van der Waals surface area contributed by atoms with Gasteiger partial charge in [0.25, 0.3) is 5.91 Å². The molecule has 4 rings (SSSR count). The first-order chi connectivity index (χ1) is 16.3. The minimum Gasteiger partial charge on any atom is -0.481 e. The third-order valence-electron chi connectivity index (χ3n) is 5.87. The first-order valence-electron chi connectivity index (χ1n) is 11.2. The number of nitrogens with one attached hydrogen (secondary N) is 1. The summed E-state index contributed by atoms with van der Waals surface area (Å²) in [7, 11) is 0. The number of carbonyl (C=O) groups excluding carboxylic acids is 2. The molecule has 2 atom stereocenters. The van der Waals surface area contributed by atoms with Crippen LogP contribution in [0.1, 0.15) is 42.9 Å². The minimum atomic E-state index is -0.761. The van der Waals surface area contributed by atoms with Gasteiger partial charge in [-0.05, 0) is 54.8 Å². The van der Waals surface area contributed by atoms with Gasteiger partial charge in [-0.1, -0.05) is 37.3 Å². The van der Waals surface area contributed by atoms with E-state index in [4.69, 9.17) is 4.74 Å². The number of nitrogens with zero attached hydrogens (tertiary/aromatic N) is 1. The van der Waals surface area contributed by atoms with Crippen molar-refractivity contribution >= 4 is 17.5 Å². The molecular weight excluding hydrogens is 438 g/mol. The van der Waals surface area contributed by atoms with Crippen LogP contribution in [0.25, 0.3) is 0 Å². The lowest BCUT2D eigenvalue weighted by Gasteiger charge is -2.22. The molecule has 0 aliphatic carbocycles. The number of halogens is 2. The second-order valence-electron chi connectivity index (χ2n) is 8.42. The predicted octanol–water partition coefficient (Wildman–Crippen LogP) is 5.41. The molecule has 176 valence electrons. The summed E-state index contributed by atoms with van der Waals surface area (Å²) in [5.74, 6) is -1.58. The summed E-state index contributed by atoms with van der Waals surface area (Å²) in [4.78, 5) is 27.4. The zero-order valence-corrected chi connectivity index (χ0v) is 19.1. The highest BCUT2D eigenvalue weighted by Gasteiger charge is 2.28. The first-order valence-corrected chi connectivity index (χ1v) is 11.2. The number of rotatable bonds is 6. The molecule has 0 radical (unpaired) electrons. The van der Waals surface area contributed by atoms with Crippen molar-refractivity contribution < 1.29 is 23.1 Å². The van der Waals surface area contributed by atoms with Crippen LogP contribution in [0.15, 0.2) is 66.7 Å². The fourth-order valence-electron chi connectivity index (χ4n) is 4.22. The quantitative estimate of drug-likeness (QED) is 0.531. The Labute approximate surface area is 197 Å². The maximum atomic E-state index is 13.7. The van der Waals surface area contributed by atoms with Gasteiger partial charge in [-0.2, -0.15) is 0 Å². The molecule has 1 aliphatic heterocycles. The summed E-state index contributed by atoms with van der Waals surface area (Å²) < 4.78 is 33.1. The van der Waals surface area contributed by atoms with Crippen LogP contribution in [-0.2, 0) is 22.7 Å². The van der Waals surface area contributed by atoms with E-state index >= 15 is 0 Å². The van der Waals surface area contributed by atoms with E-state index in [0.717, 1.165) is 11.6 Å². The fraction of sp³-hybridized carbons (Fsp3) is 0.259. The fourth-order valence-corrected chi connectivity index (χ4v) is 4.22. The molecule has 0 saturated heterocycles. The summed E-state index contributed by atoms with van der Waals surface area (Å²) in [6.45, 7) is 3.81. The molecule has 0 saturated carbocycles. The van der Waals surface area contributed by atoms with Gasteiger partial charge in [0.2, 0.25) is 5.91 Å². The molecule has 0 unspecified atom stereocenters. The van der Waals surface area contributed by atoms with Crippen molar-refractivity contribution in [3.8, 4) is 5.75 Å². The lowest BCUT2D eigenvalue weighted by Crippen LogP contribution is -2.37. The number of carbonyl (C=O) groups is 2. The molecular formula is C27H26F2N2O3. The zero-order valence-electron chi connectivity index (χ0n) is 19.1. The Morgan fingerprint density at radius 1 is 1.09 bits per heavy atom. The number of hydrogen-bond acceptors (Lipinski definition) is 3. The summed E-state index contributed by atoms with van der Waals surface area (Å²) in [5, 5.41) is 2.97. The average Bonchev–Trinajstić information content (AvgIpc) is 2.90. The highest BCUT2D eigenvalue weighted by atomic mass is 19.1. The Morgan fingerprint density at radius 3 is 2.47 bits per heavy atom. The lowest BCUT2D eigenvalue weighted by atomic mass is 9.95. The van der Waals surface area contributed by atoms with Crippen LogP contribution in [0.3, 0.4) is 0 Å². The Morgan fingerprint density at radius 2 is 1.79 bits per heavy atom. The molecule has 1 N–H and O–H groups in total. The molecule has 0 fully saturated rings. The summed E-state index contributed by atoms with van der Waals surface area (Å²) in [6.07, 6.45) is -0.115. The molecule has 5 nitrogen and oxygen atoms in total. The van der Waals surface area contributed by atoms with Crippen molar-refractivity contribution in [2.45, 2.75) is 45.4 Å². The number of hydrogen-bond donors (Lipinski definition) is 1. The average molecular weight is 465 g/mol. The number of ether oxygens (including phenoxy) is 1. The second kappa shape index (κ2) is 10.0. The monoisotopic (exact) mass is 464 g/mol. The molecule has 34 heavy (non-hydrogen) atoms. The third-order valence-corrected chi connectivity index (χ3v) is 5.87. The molecule has 0 spiro atoms. The minimum absolute atomic E-state index is 0.0309. The van der Waals surface area contributed by atoms with E-state index in [1.54, 1.807) is 25.1 Å². The van der Waals surface area contributed by atoms with Crippen LogP contribution < -0.4 is 10.1 Å². The Balaban J connectivity index is 1.56. The zero-order chi connectivity index (χ0) is 24.2. The largest absolute Gasteiger partial charge is 0.481 e. The smallest absolute Gasteiger partial charge is 0.263 e. The van der Waals surface area contributed by atoms with Gasteiger partial charge in [-0.25, -0.2) is 8.78 Å². The summed E-state index contributed by atoms with van der Waals surface area (Å²) in [5.41, 5.74) is 2.56. The van der Waals surface area contributed by atoms with Crippen molar-refractivity contribution in [2.75, 3.05) is 5.32 Å². The van der Waals surface area contributed by atoms with Crippen molar-refractivity contribution in [3.63, 3.8) is 0 Å². The van der Waals surface area contributed by atoms with Gasteiger partial charge >= 0.3 is 0 Å². The molecule has 0 bridgehead atoms. The topological polar surface area (TPSA) is 58.6 Å². The van der Waals surface area contributed by atoms with Crippen LogP contribution in [-0.4, -0.2) is 22.8 Å². The van der Waals surface area contributed by atoms with Gasteiger partial charge in [-0.3, -0.25) is 9.59 Å². The lowest BCUT2D eigenvalue weighted by molar-refractivity contribution is -0.138. The van der Waals surface area contributed by atoms with E-state index in [1.165, 1.54) is 17.0 Å². The number of anilines is 1. The predicted molar refractivity (Wildman–Crippen MR) is 125 cm³/mol. The van der Waals surface area contributed by atoms with Gasteiger partial charge in [0.05, 0.1) is 5.92 Å². The van der Waals surface area contributed by atoms with E-state index in [1.807, 2.05) is 37.3 Å². The van der Waals surface area contributed by atoms with Crippen LogP contribution >= 0.6 is 0 Å². The van der Waals surface area contributed by atoms with Gasteiger partial charge in [0, 0.05) is 30.4 Å². The standard InChI is InChI=1S/C27H26F2N2O3/c1-3-24(19-7-5-4-6-8-19)26(32)30-23-9-10-25-20(13-23)16-31(27(33)17(2)34-25)15-18-11-21(28)14-22(29)12-18/h4-14,17,24H,3,15-16H2,1-2H3,(H,30,32)/t17-,24-/m0/s1. The van der Waals surface area contributed by atoms with Crippen molar-refractivity contribution in [1.29, 1.82) is 0 Å². The molecule has 1 heterocycles. The third kappa shape index (κ3) is 5.25. The first kappa shape index (κ1) is 23.4. The highest BCUT2D eigenvalue weighted by molar-refractivity contribution is 5.96. The molecule has 0 aromatic heterocycles. The number of benzene rings is 3. The molecule has 3 aromatic rings. The van der Waals surface area contributed by atoms with Gasteiger partial charge in [-0.15, -0.1) is 0 Å². The highest BCUT2D eigenvalue weighted by Crippen LogP contribution is 2.30. The molecule has 7 heteroatoms. The summed E-state index contributed by atoms with van der Waals surface area (Å²) >= 11 is 0. The molecule has 2 amide bonds. The molecule has 1 aliphatic rings. The normalized spacial score (nSPS) is 16.3. The van der Waals surface area contributed by atoms with Crippen LogP contribution in [0, 0.1) is 11.6 Å². The number of amides is 2. The Hall–Kier alpha value is -3.74. The summed E-state index contributed by atoms with van der Waals surface area (Å²) in [6, 6.07) is 18.0. The van der Waals surface area contributed by atoms with E-state index in [9.17, 15) is 18.4 Å². The van der Waals surface area contributed by atoms with E-state index in [2.05, 4.69) is 5.32 Å². The Kier molecular flexibility index (Phi) is 6.91. The van der Waals surface area contributed by atoms with Gasteiger partial charge in [0.1, 0.15) is 17.4 Å². The number of fused-ring (bicyclic) bond motifs is 1. The maximum absolute atomic E-state index is 13.7. The van der Waals surface area contributed by atoms with E-state index < -0.39 is 17.7 Å².